The number of fused-ring (bicyclic) bond motifs is 1. The topological polar surface area (TPSA) is 85.4 Å². The summed E-state index contributed by atoms with van der Waals surface area (Å²) in [5.41, 5.74) is 2.21. The molecule has 0 saturated carbocycles. The zero-order valence-electron chi connectivity index (χ0n) is 13.7. The van der Waals surface area contributed by atoms with E-state index >= 15 is 0 Å². The minimum absolute atomic E-state index is 0.0996. The third-order valence-corrected chi connectivity index (χ3v) is 4.08. The zero-order chi connectivity index (χ0) is 17.9. The van der Waals surface area contributed by atoms with Crippen LogP contribution in [0.15, 0.2) is 79.1 Å². The number of hydrogen-bond acceptors (Lipinski definition) is 5. The highest BCUT2D eigenvalue weighted by Crippen LogP contribution is 2.31. The lowest BCUT2D eigenvalue weighted by atomic mass is 10.0. The molecule has 1 atom stereocenters. The largest absolute Gasteiger partial charge is 0.372 e. The smallest absolute Gasteiger partial charge is 0.358 e. The van der Waals surface area contributed by atoms with E-state index in [1.807, 2.05) is 48.5 Å². The van der Waals surface area contributed by atoms with Gasteiger partial charge in [0.2, 0.25) is 11.5 Å². The Balaban J connectivity index is 1.83. The van der Waals surface area contributed by atoms with E-state index < -0.39 is 4.92 Å². The number of benzene rings is 1. The minimum atomic E-state index is -0.428. The molecule has 7 nitrogen and oxygen atoms in total. The average Bonchev–Trinajstić information content (AvgIpc) is 3.06. The first kappa shape index (κ1) is 15.8. The molecule has 0 amide bonds. The summed E-state index contributed by atoms with van der Waals surface area (Å²) in [7, 11) is 0. The summed E-state index contributed by atoms with van der Waals surface area (Å²) in [4.78, 5) is 20.0. The van der Waals surface area contributed by atoms with Crippen molar-refractivity contribution in [1.29, 1.82) is 0 Å². The van der Waals surface area contributed by atoms with E-state index in [4.69, 9.17) is 0 Å². The van der Waals surface area contributed by atoms with Gasteiger partial charge in [-0.2, -0.15) is 9.38 Å². The van der Waals surface area contributed by atoms with Crippen LogP contribution >= 0.6 is 0 Å². The van der Waals surface area contributed by atoms with Crippen LogP contribution in [0, 0.1) is 10.1 Å². The standard InChI is InChI=1S/C19H15N5O2/c25-24(26)19-18(21-16-11-5-7-13-23(16)19)22-17(14-8-2-1-3-9-14)15-10-4-6-12-20-15/h1-13,17,22H/t17-/m1/s1. The molecule has 4 aromatic rings. The Hall–Kier alpha value is -3.74. The molecule has 0 spiro atoms. The summed E-state index contributed by atoms with van der Waals surface area (Å²) in [6, 6.07) is 20.2. The van der Waals surface area contributed by atoms with Crippen LogP contribution in [0.1, 0.15) is 17.3 Å². The number of nitro groups is 1. The lowest BCUT2D eigenvalue weighted by Crippen LogP contribution is -2.15. The van der Waals surface area contributed by atoms with Crippen LogP contribution in [0.5, 0.6) is 0 Å². The normalized spacial score (nSPS) is 12.0. The second-order valence-corrected chi connectivity index (χ2v) is 5.71. The first-order valence-electron chi connectivity index (χ1n) is 8.08. The van der Waals surface area contributed by atoms with Gasteiger partial charge in [0.05, 0.1) is 17.9 Å². The highest BCUT2D eigenvalue weighted by atomic mass is 16.6. The van der Waals surface area contributed by atoms with Crippen molar-refractivity contribution in [3.63, 3.8) is 0 Å². The van der Waals surface area contributed by atoms with Gasteiger partial charge in [-0.25, -0.2) is 0 Å². The number of hydrogen-bond donors (Lipinski definition) is 1. The molecule has 0 bridgehead atoms. The third-order valence-electron chi connectivity index (χ3n) is 4.08. The Morgan fingerprint density at radius 1 is 1.00 bits per heavy atom. The predicted molar refractivity (Wildman–Crippen MR) is 98.0 cm³/mol. The molecule has 0 aliphatic carbocycles. The first-order valence-corrected chi connectivity index (χ1v) is 8.08. The van der Waals surface area contributed by atoms with Crippen molar-refractivity contribution in [2.45, 2.75) is 6.04 Å². The Morgan fingerprint density at radius 3 is 2.50 bits per heavy atom. The van der Waals surface area contributed by atoms with Crippen molar-refractivity contribution in [3.05, 3.63) is 100 Å². The van der Waals surface area contributed by atoms with Gasteiger partial charge in [0.15, 0.2) is 0 Å². The van der Waals surface area contributed by atoms with Gasteiger partial charge in [-0.05, 0) is 28.7 Å². The molecule has 1 aromatic carbocycles. The van der Waals surface area contributed by atoms with Gasteiger partial charge < -0.3 is 15.4 Å². The fraction of sp³-hybridized carbons (Fsp3) is 0.0526. The Kier molecular flexibility index (Phi) is 4.03. The Morgan fingerprint density at radius 2 is 1.77 bits per heavy atom. The number of imidazole rings is 1. The van der Waals surface area contributed by atoms with Crippen molar-refractivity contribution in [2.75, 3.05) is 5.32 Å². The lowest BCUT2D eigenvalue weighted by Gasteiger charge is -2.18. The van der Waals surface area contributed by atoms with Gasteiger partial charge in [0, 0.05) is 12.3 Å². The Bertz CT molecular complexity index is 1010. The van der Waals surface area contributed by atoms with E-state index in [1.165, 1.54) is 4.40 Å². The van der Waals surface area contributed by atoms with E-state index in [2.05, 4.69) is 15.3 Å². The molecule has 7 heteroatoms. The fourth-order valence-electron chi connectivity index (χ4n) is 2.91. The highest BCUT2D eigenvalue weighted by molar-refractivity contribution is 5.63. The maximum absolute atomic E-state index is 11.6. The van der Waals surface area contributed by atoms with E-state index in [0.29, 0.717) is 5.65 Å². The molecule has 1 N–H and O–H groups in total. The number of aromatic nitrogens is 3. The second kappa shape index (κ2) is 6.64. The van der Waals surface area contributed by atoms with Gasteiger partial charge in [0.25, 0.3) is 0 Å². The van der Waals surface area contributed by atoms with Gasteiger partial charge in [-0.1, -0.05) is 42.5 Å². The summed E-state index contributed by atoms with van der Waals surface area (Å²) in [5, 5.41) is 14.9. The van der Waals surface area contributed by atoms with Crippen LogP contribution in [-0.4, -0.2) is 19.3 Å². The average molecular weight is 345 g/mol. The van der Waals surface area contributed by atoms with Gasteiger partial charge in [0.1, 0.15) is 0 Å². The summed E-state index contributed by atoms with van der Waals surface area (Å²) < 4.78 is 1.46. The second-order valence-electron chi connectivity index (χ2n) is 5.71. The van der Waals surface area contributed by atoms with Crippen LogP contribution in [-0.2, 0) is 0 Å². The lowest BCUT2D eigenvalue weighted by molar-refractivity contribution is -0.389. The summed E-state index contributed by atoms with van der Waals surface area (Å²) in [5.74, 6) is 0.109. The molecular formula is C19H15N5O2. The summed E-state index contributed by atoms with van der Waals surface area (Å²) in [6.07, 6.45) is 3.33. The van der Waals surface area contributed by atoms with Crippen molar-refractivity contribution in [3.8, 4) is 0 Å². The fourth-order valence-corrected chi connectivity index (χ4v) is 2.91. The van der Waals surface area contributed by atoms with Crippen molar-refractivity contribution in [2.24, 2.45) is 0 Å². The molecule has 4 rings (SSSR count). The van der Waals surface area contributed by atoms with Crippen molar-refractivity contribution < 1.29 is 4.92 Å². The number of anilines is 1. The molecular weight excluding hydrogens is 330 g/mol. The van der Waals surface area contributed by atoms with E-state index in [9.17, 15) is 10.1 Å². The molecule has 3 aromatic heterocycles. The molecule has 0 aliphatic rings. The zero-order valence-corrected chi connectivity index (χ0v) is 13.7. The van der Waals surface area contributed by atoms with Crippen LogP contribution in [0.3, 0.4) is 0 Å². The SMILES string of the molecule is O=[N+]([O-])c1c(N[C@H](c2ccccc2)c2ccccn2)nc2ccccn12. The highest BCUT2D eigenvalue weighted by Gasteiger charge is 2.26. The quantitative estimate of drug-likeness (QED) is 0.439. The number of pyridine rings is 2. The maximum atomic E-state index is 11.6. The molecule has 0 unspecified atom stereocenters. The number of rotatable bonds is 5. The summed E-state index contributed by atoms with van der Waals surface area (Å²) in [6.45, 7) is 0. The number of nitrogens with one attached hydrogen (secondary N) is 1. The van der Waals surface area contributed by atoms with Crippen LogP contribution in [0.2, 0.25) is 0 Å². The molecule has 128 valence electrons. The predicted octanol–water partition coefficient (Wildman–Crippen LogP) is 3.84. The first-order chi connectivity index (χ1) is 12.7. The van der Waals surface area contributed by atoms with Crippen LogP contribution in [0.25, 0.3) is 5.65 Å². The molecule has 3 heterocycles. The van der Waals surface area contributed by atoms with Crippen LogP contribution in [0.4, 0.5) is 11.6 Å². The Labute approximate surface area is 149 Å². The van der Waals surface area contributed by atoms with Gasteiger partial charge in [-0.15, -0.1) is 0 Å². The molecule has 26 heavy (non-hydrogen) atoms. The van der Waals surface area contributed by atoms with E-state index in [1.54, 1.807) is 30.6 Å². The monoisotopic (exact) mass is 345 g/mol. The van der Waals surface area contributed by atoms with Crippen molar-refractivity contribution >= 4 is 17.3 Å². The molecule has 0 aliphatic heterocycles. The molecule has 0 radical (unpaired) electrons. The van der Waals surface area contributed by atoms with E-state index in [-0.39, 0.29) is 17.7 Å². The van der Waals surface area contributed by atoms with Crippen molar-refractivity contribution in [1.82, 2.24) is 14.4 Å². The van der Waals surface area contributed by atoms with E-state index in [0.717, 1.165) is 11.3 Å². The molecule has 0 saturated heterocycles. The number of nitrogens with zero attached hydrogens (tertiary/aromatic N) is 4. The maximum Gasteiger partial charge on any atom is 0.372 e. The van der Waals surface area contributed by atoms with Gasteiger partial charge in [-0.3, -0.25) is 4.98 Å². The summed E-state index contributed by atoms with van der Waals surface area (Å²) >= 11 is 0. The minimum Gasteiger partial charge on any atom is -0.358 e. The third kappa shape index (κ3) is 2.86. The van der Waals surface area contributed by atoms with Gasteiger partial charge >= 0.3 is 5.82 Å². The van der Waals surface area contributed by atoms with Crippen LogP contribution < -0.4 is 5.32 Å². The molecule has 0 fully saturated rings.